The molecule has 5 nitrogen and oxygen atoms in total. The Morgan fingerprint density at radius 1 is 1.40 bits per heavy atom. The second-order valence-electron chi connectivity index (χ2n) is 5.48. The minimum Gasteiger partial charge on any atom is -0.391 e. The van der Waals surface area contributed by atoms with Gasteiger partial charge in [-0.3, -0.25) is 9.89 Å². The molecule has 0 spiro atoms. The molecule has 0 aliphatic carbocycles. The lowest BCUT2D eigenvalue weighted by molar-refractivity contribution is -0.121. The van der Waals surface area contributed by atoms with E-state index in [9.17, 15) is 9.90 Å². The van der Waals surface area contributed by atoms with Crippen molar-refractivity contribution >= 4 is 16.8 Å². The Morgan fingerprint density at radius 2 is 2.15 bits per heavy atom. The molecule has 0 radical (unpaired) electrons. The predicted molar refractivity (Wildman–Crippen MR) is 78.3 cm³/mol. The Labute approximate surface area is 118 Å². The van der Waals surface area contributed by atoms with Gasteiger partial charge in [-0.15, -0.1) is 0 Å². The monoisotopic (exact) mass is 275 g/mol. The largest absolute Gasteiger partial charge is 0.391 e. The summed E-state index contributed by atoms with van der Waals surface area (Å²) in [5, 5.41) is 20.5. The minimum absolute atomic E-state index is 0.109. The third-order valence-corrected chi connectivity index (χ3v) is 3.16. The molecule has 20 heavy (non-hydrogen) atoms. The fraction of sp³-hybridized carbons (Fsp3) is 0.467. The molecule has 2 aromatic rings. The smallest absolute Gasteiger partial charge is 0.226 e. The number of aromatic nitrogens is 2. The zero-order valence-electron chi connectivity index (χ0n) is 11.9. The van der Waals surface area contributed by atoms with Crippen LogP contribution < -0.4 is 5.32 Å². The van der Waals surface area contributed by atoms with Crippen LogP contribution in [0.25, 0.3) is 10.9 Å². The number of hydrogen-bond donors (Lipinski definition) is 3. The van der Waals surface area contributed by atoms with Gasteiger partial charge in [0.2, 0.25) is 5.91 Å². The van der Waals surface area contributed by atoms with Crippen molar-refractivity contribution in [2.75, 3.05) is 6.54 Å². The van der Waals surface area contributed by atoms with Crippen molar-refractivity contribution < 1.29 is 9.90 Å². The molecule has 0 fully saturated rings. The lowest BCUT2D eigenvalue weighted by atomic mass is 10.1. The number of carbonyl (C=O) groups is 1. The van der Waals surface area contributed by atoms with E-state index in [1.165, 1.54) is 0 Å². The molecular weight excluding hydrogens is 254 g/mol. The number of carbonyl (C=O) groups excluding carboxylic acids is 1. The van der Waals surface area contributed by atoms with Crippen molar-refractivity contribution in [3.05, 3.63) is 30.0 Å². The topological polar surface area (TPSA) is 78.0 Å². The molecular formula is C15H21N3O2. The third kappa shape index (κ3) is 3.81. The maximum atomic E-state index is 11.9. The Bertz CT molecular complexity index is 577. The molecule has 0 saturated heterocycles. The highest BCUT2D eigenvalue weighted by Gasteiger charge is 2.12. The number of H-pyrrole nitrogens is 1. The molecule has 0 aliphatic heterocycles. The molecule has 3 N–H and O–H groups in total. The Morgan fingerprint density at radius 3 is 2.90 bits per heavy atom. The number of hydrogen-bond acceptors (Lipinski definition) is 3. The van der Waals surface area contributed by atoms with E-state index in [0.717, 1.165) is 16.6 Å². The predicted octanol–water partition coefficient (Wildman–Crippen LogP) is 1.63. The highest BCUT2D eigenvalue weighted by molar-refractivity contribution is 5.87. The van der Waals surface area contributed by atoms with Crippen molar-refractivity contribution in [2.24, 2.45) is 5.92 Å². The van der Waals surface area contributed by atoms with Gasteiger partial charge in [-0.05, 0) is 18.4 Å². The van der Waals surface area contributed by atoms with Crippen LogP contribution in [0, 0.1) is 5.92 Å². The van der Waals surface area contributed by atoms with Gasteiger partial charge < -0.3 is 10.4 Å². The van der Waals surface area contributed by atoms with E-state index in [-0.39, 0.29) is 12.3 Å². The Kier molecular flexibility index (Phi) is 4.74. The van der Waals surface area contributed by atoms with E-state index in [0.29, 0.717) is 18.9 Å². The van der Waals surface area contributed by atoms with E-state index in [1.54, 1.807) is 0 Å². The molecule has 0 bridgehead atoms. The fourth-order valence-corrected chi connectivity index (χ4v) is 2.23. The summed E-state index contributed by atoms with van der Waals surface area (Å²) in [6, 6.07) is 7.68. The summed E-state index contributed by atoms with van der Waals surface area (Å²) in [5.41, 5.74) is 1.66. The van der Waals surface area contributed by atoms with Crippen molar-refractivity contribution in [3.8, 4) is 0 Å². The third-order valence-electron chi connectivity index (χ3n) is 3.16. The number of fused-ring (bicyclic) bond motifs is 1. The molecule has 1 unspecified atom stereocenters. The van der Waals surface area contributed by atoms with Gasteiger partial charge in [0.25, 0.3) is 0 Å². The van der Waals surface area contributed by atoms with E-state index in [2.05, 4.69) is 15.5 Å². The Hall–Kier alpha value is -1.88. The van der Waals surface area contributed by atoms with E-state index >= 15 is 0 Å². The number of nitrogens with zero attached hydrogens (tertiary/aromatic N) is 1. The van der Waals surface area contributed by atoms with Gasteiger partial charge in [-0.2, -0.15) is 5.10 Å². The van der Waals surface area contributed by atoms with E-state index < -0.39 is 6.10 Å². The Balaban J connectivity index is 1.88. The summed E-state index contributed by atoms with van der Waals surface area (Å²) in [6.45, 7) is 4.38. The molecule has 5 heteroatoms. The van der Waals surface area contributed by atoms with E-state index in [4.69, 9.17) is 0 Å². The number of rotatable bonds is 6. The highest BCUT2D eigenvalue weighted by Crippen LogP contribution is 2.15. The summed E-state index contributed by atoms with van der Waals surface area (Å²) >= 11 is 0. The maximum absolute atomic E-state index is 11.9. The molecule has 1 aromatic carbocycles. The number of benzene rings is 1. The van der Waals surface area contributed by atoms with Gasteiger partial charge >= 0.3 is 0 Å². The standard InChI is InChI=1S/C15H21N3O2/c1-10(2)7-11(19)9-16-15(20)8-14-12-5-3-4-6-13(12)17-18-14/h3-6,10-11,19H,7-9H2,1-2H3,(H,16,20)(H,17,18). The molecule has 1 atom stereocenters. The molecule has 1 heterocycles. The first kappa shape index (κ1) is 14.5. The summed E-state index contributed by atoms with van der Waals surface area (Å²) in [7, 11) is 0. The highest BCUT2D eigenvalue weighted by atomic mass is 16.3. The number of aliphatic hydroxyl groups excluding tert-OH is 1. The number of nitrogens with one attached hydrogen (secondary N) is 2. The molecule has 1 amide bonds. The average Bonchev–Trinajstić information content (AvgIpc) is 2.79. The van der Waals surface area contributed by atoms with Crippen molar-refractivity contribution in [3.63, 3.8) is 0 Å². The van der Waals surface area contributed by atoms with E-state index in [1.807, 2.05) is 38.1 Å². The fourth-order valence-electron chi connectivity index (χ4n) is 2.23. The van der Waals surface area contributed by atoms with Gasteiger partial charge in [0.1, 0.15) is 0 Å². The normalized spacial score (nSPS) is 12.8. The molecule has 0 saturated carbocycles. The van der Waals surface area contributed by atoms with Gasteiger partial charge in [-0.1, -0.05) is 32.0 Å². The molecule has 1 aromatic heterocycles. The molecule has 2 rings (SSSR count). The second kappa shape index (κ2) is 6.52. The number of aliphatic hydroxyl groups is 1. The van der Waals surface area contributed by atoms with Crippen molar-refractivity contribution in [2.45, 2.75) is 32.8 Å². The number of aromatic amines is 1. The zero-order chi connectivity index (χ0) is 14.5. The lowest BCUT2D eigenvalue weighted by Gasteiger charge is -2.13. The van der Waals surface area contributed by atoms with Crippen LogP contribution in [-0.4, -0.2) is 33.9 Å². The average molecular weight is 275 g/mol. The van der Waals surface area contributed by atoms with Crippen LogP contribution in [0.5, 0.6) is 0 Å². The molecule has 0 aliphatic rings. The van der Waals surface area contributed by atoms with Crippen molar-refractivity contribution in [1.29, 1.82) is 0 Å². The van der Waals surface area contributed by atoms with Crippen LogP contribution in [0.1, 0.15) is 26.0 Å². The number of para-hydroxylation sites is 1. The quantitative estimate of drug-likeness (QED) is 0.749. The van der Waals surface area contributed by atoms with Crippen LogP contribution >= 0.6 is 0 Å². The first-order chi connectivity index (χ1) is 9.56. The first-order valence-electron chi connectivity index (χ1n) is 6.93. The van der Waals surface area contributed by atoms with Gasteiger partial charge in [0.05, 0.1) is 23.7 Å². The maximum Gasteiger partial charge on any atom is 0.226 e. The summed E-state index contributed by atoms with van der Waals surface area (Å²) < 4.78 is 0. The minimum atomic E-state index is -0.488. The van der Waals surface area contributed by atoms with Crippen LogP contribution in [0.15, 0.2) is 24.3 Å². The summed E-state index contributed by atoms with van der Waals surface area (Å²) in [6.07, 6.45) is 0.444. The summed E-state index contributed by atoms with van der Waals surface area (Å²) in [5.74, 6) is 0.306. The molecule has 108 valence electrons. The van der Waals surface area contributed by atoms with Crippen LogP contribution in [0.2, 0.25) is 0 Å². The van der Waals surface area contributed by atoms with Crippen LogP contribution in [-0.2, 0) is 11.2 Å². The zero-order valence-corrected chi connectivity index (χ0v) is 11.9. The van der Waals surface area contributed by atoms with Crippen LogP contribution in [0.4, 0.5) is 0 Å². The first-order valence-corrected chi connectivity index (χ1v) is 6.93. The van der Waals surface area contributed by atoms with Gasteiger partial charge in [0, 0.05) is 11.9 Å². The van der Waals surface area contributed by atoms with Crippen LogP contribution in [0.3, 0.4) is 0 Å². The lowest BCUT2D eigenvalue weighted by Crippen LogP contribution is -2.33. The van der Waals surface area contributed by atoms with Crippen molar-refractivity contribution in [1.82, 2.24) is 15.5 Å². The summed E-state index contributed by atoms with van der Waals surface area (Å²) in [4.78, 5) is 11.9. The van der Waals surface area contributed by atoms with Gasteiger partial charge in [-0.25, -0.2) is 0 Å². The second-order valence-corrected chi connectivity index (χ2v) is 5.48. The van der Waals surface area contributed by atoms with Gasteiger partial charge in [0.15, 0.2) is 0 Å². The number of amides is 1. The SMILES string of the molecule is CC(C)CC(O)CNC(=O)Cc1[nH]nc2ccccc12.